The molecule has 0 spiro atoms. The van der Waals surface area contributed by atoms with Crippen LogP contribution in [-0.2, 0) is 24.1 Å². The molecule has 3 rings (SSSR count). The van der Waals surface area contributed by atoms with Crippen LogP contribution >= 0.6 is 0 Å². The molecule has 1 amide bonds. The van der Waals surface area contributed by atoms with Crippen LogP contribution in [0.5, 0.6) is 0 Å². The van der Waals surface area contributed by atoms with Crippen molar-refractivity contribution in [1.82, 2.24) is 10.2 Å². The molecule has 4 heteroatoms. The first-order valence-electron chi connectivity index (χ1n) is 9.83. The summed E-state index contributed by atoms with van der Waals surface area (Å²) >= 11 is 0. The summed E-state index contributed by atoms with van der Waals surface area (Å²) in [6.45, 7) is 3.03. The van der Waals surface area contributed by atoms with Gasteiger partial charge < -0.3 is 10.4 Å². The summed E-state index contributed by atoms with van der Waals surface area (Å²) in [5, 5.41) is 12.9. The standard InChI is InChI=1S/C23H30N2O2/c1-3-21(26)17-24-22(27)23(15-19-11-7-8-12-20(19)16-23)25(2)14-13-18-9-5-4-6-10-18/h4-12,21,26H,3,13-17H2,1-2H3,(H,24,27)/t21-/m0/s1. The zero-order valence-corrected chi connectivity index (χ0v) is 16.3. The van der Waals surface area contributed by atoms with Crippen molar-refractivity contribution in [2.75, 3.05) is 20.1 Å². The number of carbonyl (C=O) groups is 1. The maximum atomic E-state index is 13.2. The number of carbonyl (C=O) groups excluding carboxylic acids is 1. The largest absolute Gasteiger partial charge is 0.391 e. The molecule has 144 valence electrons. The van der Waals surface area contributed by atoms with Gasteiger partial charge in [-0.25, -0.2) is 0 Å². The van der Waals surface area contributed by atoms with Gasteiger partial charge in [-0.3, -0.25) is 9.69 Å². The fourth-order valence-electron chi connectivity index (χ4n) is 3.87. The van der Waals surface area contributed by atoms with Crippen molar-refractivity contribution in [2.45, 2.75) is 44.2 Å². The van der Waals surface area contributed by atoms with Crippen LogP contribution in [0.1, 0.15) is 30.0 Å². The maximum Gasteiger partial charge on any atom is 0.241 e. The molecule has 0 heterocycles. The molecule has 0 aliphatic heterocycles. The van der Waals surface area contributed by atoms with Crippen molar-refractivity contribution in [2.24, 2.45) is 0 Å². The summed E-state index contributed by atoms with van der Waals surface area (Å²) in [5.41, 5.74) is 3.17. The Morgan fingerprint density at radius 1 is 1.11 bits per heavy atom. The van der Waals surface area contributed by atoms with Crippen molar-refractivity contribution in [3.63, 3.8) is 0 Å². The first kappa shape index (κ1) is 19.6. The molecule has 0 unspecified atom stereocenters. The van der Waals surface area contributed by atoms with Gasteiger partial charge in [0.25, 0.3) is 0 Å². The Balaban J connectivity index is 1.77. The molecule has 1 aliphatic rings. The van der Waals surface area contributed by atoms with Gasteiger partial charge in [0.1, 0.15) is 5.54 Å². The second-order valence-electron chi connectivity index (χ2n) is 7.58. The Labute approximate surface area is 162 Å². The van der Waals surface area contributed by atoms with E-state index >= 15 is 0 Å². The van der Waals surface area contributed by atoms with E-state index in [2.05, 4.69) is 46.6 Å². The van der Waals surface area contributed by atoms with Gasteiger partial charge in [-0.1, -0.05) is 61.5 Å². The Bertz CT molecular complexity index is 735. The number of aliphatic hydroxyl groups is 1. The SMILES string of the molecule is CC[C@H](O)CNC(=O)C1(N(C)CCc2ccccc2)Cc2ccccc2C1. The topological polar surface area (TPSA) is 52.6 Å². The van der Waals surface area contributed by atoms with Crippen molar-refractivity contribution < 1.29 is 9.90 Å². The monoisotopic (exact) mass is 366 g/mol. The van der Waals surface area contributed by atoms with E-state index < -0.39 is 11.6 Å². The highest BCUT2D eigenvalue weighted by molar-refractivity contribution is 5.88. The zero-order valence-electron chi connectivity index (χ0n) is 16.3. The van der Waals surface area contributed by atoms with Crippen LogP contribution in [0.2, 0.25) is 0 Å². The molecule has 0 saturated heterocycles. The number of amides is 1. The molecule has 4 nitrogen and oxygen atoms in total. The number of aliphatic hydroxyl groups excluding tert-OH is 1. The molecule has 1 aliphatic carbocycles. The third kappa shape index (κ3) is 4.40. The second-order valence-corrected chi connectivity index (χ2v) is 7.58. The van der Waals surface area contributed by atoms with Gasteiger partial charge in [-0.2, -0.15) is 0 Å². The summed E-state index contributed by atoms with van der Waals surface area (Å²) < 4.78 is 0. The molecule has 2 aromatic carbocycles. The summed E-state index contributed by atoms with van der Waals surface area (Å²) in [6.07, 6.45) is 2.47. The minimum atomic E-state index is -0.591. The lowest BCUT2D eigenvalue weighted by Crippen LogP contribution is -2.59. The maximum absolute atomic E-state index is 13.2. The molecule has 2 N–H and O–H groups in total. The van der Waals surface area contributed by atoms with Gasteiger partial charge in [-0.05, 0) is 36.6 Å². The number of benzene rings is 2. The highest BCUT2D eigenvalue weighted by atomic mass is 16.3. The van der Waals surface area contributed by atoms with Crippen molar-refractivity contribution in [3.05, 3.63) is 71.3 Å². The lowest BCUT2D eigenvalue weighted by Gasteiger charge is -2.37. The highest BCUT2D eigenvalue weighted by Crippen LogP contribution is 2.34. The van der Waals surface area contributed by atoms with E-state index in [0.29, 0.717) is 25.8 Å². The molecule has 0 aromatic heterocycles. The molecular formula is C23H30N2O2. The lowest BCUT2D eigenvalue weighted by atomic mass is 9.91. The van der Waals surface area contributed by atoms with Crippen LogP contribution < -0.4 is 5.32 Å². The fourth-order valence-corrected chi connectivity index (χ4v) is 3.87. The van der Waals surface area contributed by atoms with Gasteiger partial charge in [0.2, 0.25) is 5.91 Å². The fraction of sp³-hybridized carbons (Fsp3) is 0.435. The third-order valence-electron chi connectivity index (χ3n) is 5.79. The van der Waals surface area contributed by atoms with E-state index in [1.165, 1.54) is 16.7 Å². The highest BCUT2D eigenvalue weighted by Gasteiger charge is 2.46. The van der Waals surface area contributed by atoms with Gasteiger partial charge in [-0.15, -0.1) is 0 Å². The van der Waals surface area contributed by atoms with E-state index in [1.807, 2.05) is 32.2 Å². The Morgan fingerprint density at radius 3 is 2.30 bits per heavy atom. The minimum Gasteiger partial charge on any atom is -0.391 e. The molecule has 0 fully saturated rings. The number of nitrogens with zero attached hydrogens (tertiary/aromatic N) is 1. The van der Waals surface area contributed by atoms with Crippen LogP contribution in [0.4, 0.5) is 0 Å². The molecular weight excluding hydrogens is 336 g/mol. The Morgan fingerprint density at radius 2 is 1.70 bits per heavy atom. The number of nitrogens with one attached hydrogen (secondary N) is 1. The average molecular weight is 367 g/mol. The molecule has 0 bridgehead atoms. The summed E-state index contributed by atoms with van der Waals surface area (Å²) in [7, 11) is 2.05. The van der Waals surface area contributed by atoms with E-state index in [0.717, 1.165) is 13.0 Å². The minimum absolute atomic E-state index is 0.0155. The van der Waals surface area contributed by atoms with Crippen molar-refractivity contribution in [1.29, 1.82) is 0 Å². The van der Waals surface area contributed by atoms with E-state index in [1.54, 1.807) is 0 Å². The number of likely N-dealkylation sites (N-methyl/N-ethyl adjacent to an activating group) is 1. The van der Waals surface area contributed by atoms with Crippen LogP contribution in [-0.4, -0.2) is 47.7 Å². The molecule has 27 heavy (non-hydrogen) atoms. The summed E-state index contributed by atoms with van der Waals surface area (Å²) in [5.74, 6) is 0.0155. The Kier molecular flexibility index (Phi) is 6.30. The predicted octanol–water partition coefficient (Wildman–Crippen LogP) is 2.59. The molecule has 1 atom stereocenters. The summed E-state index contributed by atoms with van der Waals surface area (Å²) in [6, 6.07) is 18.7. The van der Waals surface area contributed by atoms with Crippen LogP contribution in [0.15, 0.2) is 54.6 Å². The van der Waals surface area contributed by atoms with Gasteiger partial charge in [0, 0.05) is 25.9 Å². The molecule has 0 radical (unpaired) electrons. The van der Waals surface area contributed by atoms with Gasteiger partial charge in [0.15, 0.2) is 0 Å². The first-order chi connectivity index (χ1) is 13.0. The quantitative estimate of drug-likeness (QED) is 0.755. The lowest BCUT2D eigenvalue weighted by molar-refractivity contribution is -0.133. The third-order valence-corrected chi connectivity index (χ3v) is 5.79. The molecule has 0 saturated carbocycles. The number of hydrogen-bond donors (Lipinski definition) is 2. The van der Waals surface area contributed by atoms with E-state index in [4.69, 9.17) is 0 Å². The smallest absolute Gasteiger partial charge is 0.241 e. The van der Waals surface area contributed by atoms with Crippen molar-refractivity contribution in [3.8, 4) is 0 Å². The van der Waals surface area contributed by atoms with Gasteiger partial charge >= 0.3 is 0 Å². The number of hydrogen-bond acceptors (Lipinski definition) is 3. The second kappa shape index (κ2) is 8.68. The number of rotatable bonds is 8. The Hall–Kier alpha value is -2.17. The van der Waals surface area contributed by atoms with Crippen LogP contribution in [0.25, 0.3) is 0 Å². The number of fused-ring (bicyclic) bond motifs is 1. The predicted molar refractivity (Wildman–Crippen MR) is 109 cm³/mol. The summed E-state index contributed by atoms with van der Waals surface area (Å²) in [4.78, 5) is 15.4. The van der Waals surface area contributed by atoms with E-state index in [9.17, 15) is 9.90 Å². The normalized spacial score (nSPS) is 16.1. The zero-order chi connectivity index (χ0) is 19.3. The first-order valence-corrected chi connectivity index (χ1v) is 9.83. The van der Waals surface area contributed by atoms with E-state index in [-0.39, 0.29) is 5.91 Å². The average Bonchev–Trinajstić information content (AvgIpc) is 3.11. The van der Waals surface area contributed by atoms with Crippen LogP contribution in [0, 0.1) is 0 Å². The van der Waals surface area contributed by atoms with Crippen LogP contribution in [0.3, 0.4) is 0 Å². The van der Waals surface area contributed by atoms with Crippen molar-refractivity contribution >= 4 is 5.91 Å². The molecule has 2 aromatic rings. The van der Waals surface area contributed by atoms with Gasteiger partial charge in [0.05, 0.1) is 6.10 Å².